The molecule has 0 saturated carbocycles. The summed E-state index contributed by atoms with van der Waals surface area (Å²) in [6.07, 6.45) is 3.51. The molecule has 0 aliphatic rings. The summed E-state index contributed by atoms with van der Waals surface area (Å²) in [5.41, 5.74) is 2.80. The summed E-state index contributed by atoms with van der Waals surface area (Å²) in [5, 5.41) is 7.18. The minimum Gasteiger partial charge on any atom is -0.332 e. The first-order valence-corrected chi connectivity index (χ1v) is 11.1. The van der Waals surface area contributed by atoms with Gasteiger partial charge in [-0.05, 0) is 71.6 Å². The van der Waals surface area contributed by atoms with Crippen LogP contribution in [-0.4, -0.2) is 16.0 Å². The minimum absolute atomic E-state index is 0.0481. The topological polar surface area (TPSA) is 54.0 Å². The van der Waals surface area contributed by atoms with Crippen LogP contribution in [0.25, 0.3) is 20.8 Å². The summed E-state index contributed by atoms with van der Waals surface area (Å²) in [6.45, 7) is 2.12. The largest absolute Gasteiger partial charge is 0.332 e. The molecule has 0 saturated heterocycles. The summed E-state index contributed by atoms with van der Waals surface area (Å²) in [5.74, 6) is -0.0481. The van der Waals surface area contributed by atoms with E-state index in [4.69, 9.17) is 17.2 Å². The molecule has 0 unspecified atom stereocenters. The first-order chi connectivity index (χ1) is 13.1. The van der Waals surface area contributed by atoms with Gasteiger partial charge in [-0.25, -0.2) is 4.98 Å². The number of fused-ring (bicyclic) bond motifs is 1. The zero-order valence-corrected chi connectivity index (χ0v) is 18.7. The normalized spacial score (nSPS) is 10.7. The van der Waals surface area contributed by atoms with E-state index >= 15 is 0 Å². The van der Waals surface area contributed by atoms with E-state index in [1.165, 1.54) is 0 Å². The number of nitrogens with zero attached hydrogens (tertiary/aromatic N) is 1. The number of carbonyl (C=O) groups is 1. The summed E-state index contributed by atoms with van der Waals surface area (Å²) in [6, 6.07) is 14.1. The second kappa shape index (κ2) is 9.57. The Morgan fingerprint density at radius 2 is 2.04 bits per heavy atom. The smallest absolute Gasteiger partial charge is 0.226 e. The maximum Gasteiger partial charge on any atom is 0.226 e. The van der Waals surface area contributed by atoms with E-state index in [0.29, 0.717) is 11.5 Å². The third-order valence-corrected chi connectivity index (χ3v) is 5.96. The first-order valence-electron chi connectivity index (χ1n) is 8.83. The molecule has 0 fully saturated rings. The standard InChI is InChI=1S/C20H20IN3OS2/c1-2-3-4-9-18(25)24-20(26)23-15-11-10-13(21)12-14(15)19-22-16-7-5-6-8-17(16)27-19/h5-8,10-12H,2-4,9H2,1H3,(H2,23,24,25,26). The summed E-state index contributed by atoms with van der Waals surface area (Å²) >= 11 is 9.26. The molecule has 0 atom stereocenters. The Bertz CT molecular complexity index is 938. The van der Waals surface area contributed by atoms with Gasteiger partial charge in [0.25, 0.3) is 0 Å². The average molecular weight is 509 g/mol. The third kappa shape index (κ3) is 5.46. The number of hydrogen-bond acceptors (Lipinski definition) is 4. The van der Waals surface area contributed by atoms with Crippen molar-refractivity contribution in [1.82, 2.24) is 10.3 Å². The Kier molecular flexibility index (Phi) is 7.14. The van der Waals surface area contributed by atoms with Crippen LogP contribution in [0.4, 0.5) is 5.69 Å². The number of anilines is 1. The number of rotatable bonds is 6. The quantitative estimate of drug-likeness (QED) is 0.245. The van der Waals surface area contributed by atoms with Gasteiger partial charge in [0.1, 0.15) is 5.01 Å². The zero-order valence-electron chi connectivity index (χ0n) is 14.9. The van der Waals surface area contributed by atoms with Gasteiger partial charge in [-0.1, -0.05) is 31.9 Å². The molecule has 0 radical (unpaired) electrons. The fraction of sp³-hybridized carbons (Fsp3) is 0.250. The second-order valence-corrected chi connectivity index (χ2v) is 8.82. The number of hydrogen-bond donors (Lipinski definition) is 2. The lowest BCUT2D eigenvalue weighted by atomic mass is 10.2. The van der Waals surface area contributed by atoms with E-state index in [1.54, 1.807) is 11.3 Å². The molecular formula is C20H20IN3OS2. The van der Waals surface area contributed by atoms with Crippen LogP contribution in [0.2, 0.25) is 0 Å². The van der Waals surface area contributed by atoms with Gasteiger partial charge in [-0.3, -0.25) is 4.79 Å². The average Bonchev–Trinajstić information content (AvgIpc) is 3.07. The van der Waals surface area contributed by atoms with Gasteiger partial charge in [0.2, 0.25) is 5.91 Å². The van der Waals surface area contributed by atoms with E-state index in [0.717, 1.165) is 49.3 Å². The number of para-hydroxylation sites is 1. The van der Waals surface area contributed by atoms with Crippen molar-refractivity contribution in [3.8, 4) is 10.6 Å². The van der Waals surface area contributed by atoms with Gasteiger partial charge in [-0.15, -0.1) is 11.3 Å². The lowest BCUT2D eigenvalue weighted by molar-refractivity contribution is -0.119. The molecule has 3 aromatic rings. The number of aromatic nitrogens is 1. The lowest BCUT2D eigenvalue weighted by Gasteiger charge is -2.13. The fourth-order valence-electron chi connectivity index (χ4n) is 2.67. The molecule has 0 bridgehead atoms. The molecule has 27 heavy (non-hydrogen) atoms. The van der Waals surface area contributed by atoms with Crippen LogP contribution in [-0.2, 0) is 4.79 Å². The highest BCUT2D eigenvalue weighted by atomic mass is 127. The highest BCUT2D eigenvalue weighted by molar-refractivity contribution is 14.1. The highest BCUT2D eigenvalue weighted by Gasteiger charge is 2.13. The van der Waals surface area contributed by atoms with E-state index in [9.17, 15) is 4.79 Å². The van der Waals surface area contributed by atoms with Crippen LogP contribution in [0.5, 0.6) is 0 Å². The molecule has 140 valence electrons. The highest BCUT2D eigenvalue weighted by Crippen LogP contribution is 2.35. The Balaban J connectivity index is 1.78. The number of benzene rings is 2. The molecule has 0 aliphatic carbocycles. The van der Waals surface area contributed by atoms with Crippen LogP contribution in [0, 0.1) is 3.57 Å². The van der Waals surface area contributed by atoms with Crippen molar-refractivity contribution in [2.75, 3.05) is 5.32 Å². The Morgan fingerprint density at radius 3 is 2.81 bits per heavy atom. The van der Waals surface area contributed by atoms with Gasteiger partial charge >= 0.3 is 0 Å². The monoisotopic (exact) mass is 509 g/mol. The predicted molar refractivity (Wildman–Crippen MR) is 126 cm³/mol. The van der Waals surface area contributed by atoms with Crippen molar-refractivity contribution in [2.45, 2.75) is 32.6 Å². The van der Waals surface area contributed by atoms with Crippen LogP contribution >= 0.6 is 46.1 Å². The van der Waals surface area contributed by atoms with Gasteiger partial charge in [0.15, 0.2) is 5.11 Å². The maximum atomic E-state index is 12.0. The van der Waals surface area contributed by atoms with E-state index < -0.39 is 0 Å². The van der Waals surface area contributed by atoms with Gasteiger partial charge < -0.3 is 10.6 Å². The molecule has 2 aromatic carbocycles. The van der Waals surface area contributed by atoms with E-state index in [-0.39, 0.29) is 5.91 Å². The third-order valence-electron chi connectivity index (χ3n) is 4.01. The number of thiocarbonyl (C=S) groups is 1. The summed E-state index contributed by atoms with van der Waals surface area (Å²) in [4.78, 5) is 16.7. The van der Waals surface area contributed by atoms with Crippen molar-refractivity contribution in [1.29, 1.82) is 0 Å². The molecule has 1 aromatic heterocycles. The van der Waals surface area contributed by atoms with Crippen molar-refractivity contribution < 1.29 is 4.79 Å². The van der Waals surface area contributed by atoms with Crippen LogP contribution < -0.4 is 10.6 Å². The summed E-state index contributed by atoms with van der Waals surface area (Å²) < 4.78 is 2.26. The predicted octanol–water partition coefficient (Wildman–Crippen LogP) is 5.96. The van der Waals surface area contributed by atoms with Crippen molar-refractivity contribution >= 4 is 73.1 Å². The molecule has 2 N–H and O–H groups in total. The second-order valence-electron chi connectivity index (χ2n) is 6.14. The Hall–Kier alpha value is -1.58. The van der Waals surface area contributed by atoms with E-state index in [2.05, 4.69) is 52.3 Å². The molecule has 0 spiro atoms. The molecule has 3 rings (SSSR count). The molecule has 4 nitrogen and oxygen atoms in total. The Labute approximate surface area is 181 Å². The number of amides is 1. The number of thiazole rings is 1. The maximum absolute atomic E-state index is 12.0. The number of unbranched alkanes of at least 4 members (excludes halogenated alkanes) is 2. The molecule has 1 heterocycles. The van der Waals surface area contributed by atoms with Crippen LogP contribution in [0.1, 0.15) is 32.6 Å². The molecular weight excluding hydrogens is 489 g/mol. The first kappa shape index (κ1) is 20.2. The molecule has 7 heteroatoms. The minimum atomic E-state index is -0.0481. The molecule has 0 aliphatic heterocycles. The summed E-state index contributed by atoms with van der Waals surface area (Å²) in [7, 11) is 0. The number of nitrogens with one attached hydrogen (secondary N) is 2. The number of halogens is 1. The van der Waals surface area contributed by atoms with Gasteiger partial charge in [0.05, 0.1) is 15.9 Å². The van der Waals surface area contributed by atoms with Crippen molar-refractivity contribution in [3.63, 3.8) is 0 Å². The fourth-order valence-corrected chi connectivity index (χ4v) is 4.38. The SMILES string of the molecule is CCCCCC(=O)NC(=S)Nc1ccc(I)cc1-c1nc2ccccc2s1. The van der Waals surface area contributed by atoms with Gasteiger partial charge in [-0.2, -0.15) is 0 Å². The molecule has 1 amide bonds. The van der Waals surface area contributed by atoms with Crippen LogP contribution in [0.3, 0.4) is 0 Å². The van der Waals surface area contributed by atoms with Crippen LogP contribution in [0.15, 0.2) is 42.5 Å². The Morgan fingerprint density at radius 1 is 1.22 bits per heavy atom. The zero-order chi connectivity index (χ0) is 19.2. The van der Waals surface area contributed by atoms with Crippen molar-refractivity contribution in [2.24, 2.45) is 0 Å². The van der Waals surface area contributed by atoms with Gasteiger partial charge in [0, 0.05) is 15.6 Å². The van der Waals surface area contributed by atoms with Crippen molar-refractivity contribution in [3.05, 3.63) is 46.0 Å². The lowest BCUT2D eigenvalue weighted by Crippen LogP contribution is -2.34. The number of carbonyl (C=O) groups excluding carboxylic acids is 1. The van der Waals surface area contributed by atoms with E-state index in [1.807, 2.05) is 30.3 Å².